The van der Waals surface area contributed by atoms with E-state index in [2.05, 4.69) is 25.2 Å². The molecule has 114 valence electrons. The number of fused-ring (bicyclic) bond motifs is 1. The van der Waals surface area contributed by atoms with Gasteiger partial charge in [-0.05, 0) is 31.7 Å². The van der Waals surface area contributed by atoms with E-state index in [-0.39, 0.29) is 23.3 Å². The maximum atomic E-state index is 11.4. The van der Waals surface area contributed by atoms with Crippen LogP contribution in [0.2, 0.25) is 0 Å². The molecule has 4 nitrogen and oxygen atoms in total. The summed E-state index contributed by atoms with van der Waals surface area (Å²) in [6.07, 6.45) is 3.21. The highest BCUT2D eigenvalue weighted by Gasteiger charge is 2.35. The summed E-state index contributed by atoms with van der Waals surface area (Å²) >= 11 is 0. The Bertz CT molecular complexity index is 586. The Morgan fingerprint density at radius 1 is 1.50 bits per heavy atom. The van der Waals surface area contributed by atoms with Crippen molar-refractivity contribution in [3.05, 3.63) is 23.2 Å². The molecule has 1 aromatic rings. The molecule has 1 aromatic heterocycles. The lowest BCUT2D eigenvalue weighted by Crippen LogP contribution is -2.40. The van der Waals surface area contributed by atoms with E-state index in [1.165, 1.54) is 11.8 Å². The molecule has 2 atom stereocenters. The van der Waals surface area contributed by atoms with Gasteiger partial charge in [0.05, 0.1) is 5.75 Å². The lowest BCUT2D eigenvalue weighted by atomic mass is 9.74. The van der Waals surface area contributed by atoms with Crippen molar-refractivity contribution >= 4 is 9.84 Å². The number of hydrogen-bond acceptors (Lipinski definition) is 4. The first kappa shape index (κ1) is 15.6. The van der Waals surface area contributed by atoms with Gasteiger partial charge in [-0.1, -0.05) is 13.8 Å². The maximum absolute atomic E-state index is 11.4. The largest absolute Gasteiger partial charge is 0.466 e. The van der Waals surface area contributed by atoms with Crippen LogP contribution in [0.3, 0.4) is 0 Å². The van der Waals surface area contributed by atoms with E-state index in [4.69, 9.17) is 4.42 Å². The van der Waals surface area contributed by atoms with E-state index >= 15 is 0 Å². The molecule has 1 aliphatic rings. The normalized spacial score (nSPS) is 23.4. The Balaban J connectivity index is 2.19. The van der Waals surface area contributed by atoms with Crippen molar-refractivity contribution in [3.63, 3.8) is 0 Å². The topological polar surface area (TPSA) is 59.3 Å². The molecule has 20 heavy (non-hydrogen) atoms. The Labute approximate surface area is 121 Å². The Kier molecular flexibility index (Phi) is 4.04. The molecule has 0 aliphatic heterocycles. The Hall–Kier alpha value is -0.810. The van der Waals surface area contributed by atoms with Crippen molar-refractivity contribution in [2.45, 2.75) is 52.6 Å². The molecule has 1 heterocycles. The third-order valence-electron chi connectivity index (χ3n) is 3.77. The zero-order valence-electron chi connectivity index (χ0n) is 13.0. The van der Waals surface area contributed by atoms with Crippen molar-refractivity contribution < 1.29 is 12.8 Å². The van der Waals surface area contributed by atoms with Crippen LogP contribution in [0.15, 0.2) is 10.5 Å². The molecular weight excluding hydrogens is 274 g/mol. The van der Waals surface area contributed by atoms with E-state index in [0.29, 0.717) is 0 Å². The first-order chi connectivity index (χ1) is 9.06. The van der Waals surface area contributed by atoms with Gasteiger partial charge >= 0.3 is 0 Å². The second kappa shape index (κ2) is 5.19. The van der Waals surface area contributed by atoms with Crippen molar-refractivity contribution in [3.8, 4) is 0 Å². The molecule has 2 unspecified atom stereocenters. The SMILES string of the molecule is Cc1cc2c(o1)CC(C)(C)CC2NC(C)CS(C)(=O)=O. The first-order valence-corrected chi connectivity index (χ1v) is 9.15. The van der Waals surface area contributed by atoms with E-state index in [1.807, 2.05) is 13.8 Å². The van der Waals surface area contributed by atoms with Gasteiger partial charge < -0.3 is 9.73 Å². The summed E-state index contributed by atoms with van der Waals surface area (Å²) in [6.45, 7) is 8.34. The minimum Gasteiger partial charge on any atom is -0.466 e. The summed E-state index contributed by atoms with van der Waals surface area (Å²) in [5.74, 6) is 2.13. The van der Waals surface area contributed by atoms with Crippen molar-refractivity contribution in [1.29, 1.82) is 0 Å². The van der Waals surface area contributed by atoms with Crippen LogP contribution in [0.5, 0.6) is 0 Å². The minimum absolute atomic E-state index is 0.0630. The van der Waals surface area contributed by atoms with Gasteiger partial charge in [0.2, 0.25) is 0 Å². The quantitative estimate of drug-likeness (QED) is 0.928. The van der Waals surface area contributed by atoms with Crippen LogP contribution in [0.1, 0.15) is 50.3 Å². The number of sulfone groups is 1. The van der Waals surface area contributed by atoms with Crippen molar-refractivity contribution in [2.24, 2.45) is 5.41 Å². The van der Waals surface area contributed by atoms with Gasteiger partial charge in [-0.25, -0.2) is 8.42 Å². The maximum Gasteiger partial charge on any atom is 0.148 e. The first-order valence-electron chi connectivity index (χ1n) is 7.09. The third kappa shape index (κ3) is 3.85. The van der Waals surface area contributed by atoms with Gasteiger partial charge in [0.15, 0.2) is 0 Å². The molecule has 0 saturated heterocycles. The highest BCUT2D eigenvalue weighted by atomic mass is 32.2. The molecule has 5 heteroatoms. The summed E-state index contributed by atoms with van der Waals surface area (Å²) in [7, 11) is -2.96. The zero-order chi connectivity index (χ0) is 15.1. The average Bonchev–Trinajstić information content (AvgIpc) is 2.53. The molecule has 1 aliphatic carbocycles. The number of hydrogen-bond donors (Lipinski definition) is 1. The predicted molar refractivity (Wildman–Crippen MR) is 80.6 cm³/mol. The molecule has 0 amide bonds. The summed E-state index contributed by atoms with van der Waals surface area (Å²) in [5, 5.41) is 3.46. The summed E-state index contributed by atoms with van der Waals surface area (Å²) in [4.78, 5) is 0. The van der Waals surface area contributed by atoms with Crippen LogP contribution in [-0.2, 0) is 16.3 Å². The van der Waals surface area contributed by atoms with Gasteiger partial charge in [0.25, 0.3) is 0 Å². The molecule has 0 radical (unpaired) electrons. The van der Waals surface area contributed by atoms with E-state index < -0.39 is 9.84 Å². The van der Waals surface area contributed by atoms with E-state index in [1.54, 1.807) is 0 Å². The molecule has 0 bridgehead atoms. The standard InChI is InChI=1S/C15H25NO3S/c1-10(9-20(5,17)18)16-13-7-15(3,4)8-14-12(13)6-11(2)19-14/h6,10,13,16H,7-9H2,1-5H3. The highest BCUT2D eigenvalue weighted by Crippen LogP contribution is 2.42. The molecule has 1 N–H and O–H groups in total. The number of nitrogens with one attached hydrogen (secondary N) is 1. The van der Waals surface area contributed by atoms with Crippen LogP contribution in [0.4, 0.5) is 0 Å². The summed E-state index contributed by atoms with van der Waals surface area (Å²) < 4.78 is 28.6. The fraction of sp³-hybridized carbons (Fsp3) is 0.733. The van der Waals surface area contributed by atoms with Crippen LogP contribution < -0.4 is 5.32 Å². The third-order valence-corrected chi connectivity index (χ3v) is 4.88. The predicted octanol–water partition coefficient (Wildman–Crippen LogP) is 2.62. The highest BCUT2D eigenvalue weighted by molar-refractivity contribution is 7.90. The van der Waals surface area contributed by atoms with Crippen LogP contribution in [0.25, 0.3) is 0 Å². The average molecular weight is 299 g/mol. The molecule has 0 fully saturated rings. The van der Waals surface area contributed by atoms with Gasteiger partial charge in [-0.2, -0.15) is 0 Å². The van der Waals surface area contributed by atoms with Crippen LogP contribution in [-0.4, -0.2) is 26.5 Å². The van der Waals surface area contributed by atoms with Gasteiger partial charge in [0, 0.05) is 30.3 Å². The molecule has 2 rings (SSSR count). The number of aryl methyl sites for hydroxylation is 1. The van der Waals surface area contributed by atoms with Crippen LogP contribution in [0, 0.1) is 12.3 Å². The number of rotatable bonds is 4. The Morgan fingerprint density at radius 3 is 2.75 bits per heavy atom. The fourth-order valence-electron chi connectivity index (χ4n) is 3.18. The molecule has 0 saturated carbocycles. The van der Waals surface area contributed by atoms with Crippen molar-refractivity contribution in [2.75, 3.05) is 12.0 Å². The monoisotopic (exact) mass is 299 g/mol. The Morgan fingerprint density at radius 2 is 2.15 bits per heavy atom. The zero-order valence-corrected chi connectivity index (χ0v) is 13.8. The van der Waals surface area contributed by atoms with Crippen molar-refractivity contribution in [1.82, 2.24) is 5.32 Å². The van der Waals surface area contributed by atoms with E-state index in [9.17, 15) is 8.42 Å². The lowest BCUT2D eigenvalue weighted by molar-refractivity contribution is 0.228. The van der Waals surface area contributed by atoms with Gasteiger partial charge in [-0.15, -0.1) is 0 Å². The van der Waals surface area contributed by atoms with E-state index in [0.717, 1.165) is 24.4 Å². The molecule has 0 aromatic carbocycles. The molecule has 0 spiro atoms. The number of furan rings is 1. The summed E-state index contributed by atoms with van der Waals surface area (Å²) in [5.41, 5.74) is 1.36. The minimum atomic E-state index is -2.96. The second-order valence-electron chi connectivity index (χ2n) is 6.99. The fourth-order valence-corrected chi connectivity index (χ4v) is 4.18. The molecular formula is C15H25NO3S. The summed E-state index contributed by atoms with van der Waals surface area (Å²) in [6, 6.07) is 2.19. The van der Waals surface area contributed by atoms with Gasteiger partial charge in [0.1, 0.15) is 21.4 Å². The second-order valence-corrected chi connectivity index (χ2v) is 9.18. The van der Waals surface area contributed by atoms with Gasteiger partial charge in [-0.3, -0.25) is 0 Å². The van der Waals surface area contributed by atoms with Crippen LogP contribution >= 0.6 is 0 Å². The smallest absolute Gasteiger partial charge is 0.148 e. The lowest BCUT2D eigenvalue weighted by Gasteiger charge is -2.36.